The lowest BCUT2D eigenvalue weighted by Crippen LogP contribution is -2.02. The molecule has 0 radical (unpaired) electrons. The molecule has 1 aliphatic carbocycles. The summed E-state index contributed by atoms with van der Waals surface area (Å²) in [5, 5.41) is 10.6. The second-order valence-electron chi connectivity index (χ2n) is 4.50. The molecule has 1 aromatic heterocycles. The molecule has 2 aromatic rings. The molecule has 1 heterocycles. The molecule has 1 aromatic carbocycles. The molecule has 2 N–H and O–H groups in total. The number of nitrogens with zero attached hydrogens (tertiary/aromatic N) is 1. The van der Waals surface area contributed by atoms with E-state index in [-0.39, 0.29) is 5.82 Å². The van der Waals surface area contributed by atoms with E-state index in [0.717, 1.165) is 22.6 Å². The maximum absolute atomic E-state index is 13.2. The van der Waals surface area contributed by atoms with Crippen LogP contribution in [0, 0.1) is 12.7 Å². The van der Waals surface area contributed by atoms with E-state index in [9.17, 15) is 4.39 Å². The van der Waals surface area contributed by atoms with Gasteiger partial charge in [0.2, 0.25) is 0 Å². The minimum atomic E-state index is -0.229. The topological polar surface area (TPSA) is 40.7 Å². The van der Waals surface area contributed by atoms with E-state index < -0.39 is 0 Å². The second kappa shape index (κ2) is 3.87. The first-order valence-corrected chi connectivity index (χ1v) is 5.81. The molecular weight excluding hydrogens is 217 g/mol. The third-order valence-corrected chi connectivity index (χ3v) is 3.04. The molecule has 1 saturated carbocycles. The molecule has 0 aliphatic heterocycles. The summed E-state index contributed by atoms with van der Waals surface area (Å²) in [6.07, 6.45) is 2.42. The number of H-pyrrole nitrogens is 1. The van der Waals surface area contributed by atoms with Crippen LogP contribution in [0.3, 0.4) is 0 Å². The highest BCUT2D eigenvalue weighted by Gasteiger charge is 2.23. The van der Waals surface area contributed by atoms with Crippen LogP contribution in [0.2, 0.25) is 0 Å². The lowest BCUT2D eigenvalue weighted by atomic mass is 10.1. The molecule has 0 saturated heterocycles. The summed E-state index contributed by atoms with van der Waals surface area (Å²) in [5.74, 6) is 0.653. The highest BCUT2D eigenvalue weighted by atomic mass is 19.1. The van der Waals surface area contributed by atoms with Crippen molar-refractivity contribution in [3.05, 3.63) is 35.6 Å². The molecule has 3 rings (SSSR count). The molecule has 4 heteroatoms. The van der Waals surface area contributed by atoms with E-state index in [1.54, 1.807) is 6.07 Å². The Morgan fingerprint density at radius 3 is 2.94 bits per heavy atom. The average Bonchev–Trinajstić information content (AvgIpc) is 3.04. The Labute approximate surface area is 99.1 Å². The van der Waals surface area contributed by atoms with Crippen molar-refractivity contribution in [2.24, 2.45) is 0 Å². The van der Waals surface area contributed by atoms with E-state index in [0.29, 0.717) is 6.04 Å². The van der Waals surface area contributed by atoms with Crippen LogP contribution < -0.4 is 5.32 Å². The maximum atomic E-state index is 13.2. The fraction of sp³-hybridized carbons (Fsp3) is 0.308. The predicted octanol–water partition coefficient (Wildman–Crippen LogP) is 3.10. The summed E-state index contributed by atoms with van der Waals surface area (Å²) in [7, 11) is 0. The minimum absolute atomic E-state index is 0.229. The predicted molar refractivity (Wildman–Crippen MR) is 65.4 cm³/mol. The summed E-state index contributed by atoms with van der Waals surface area (Å²) in [5.41, 5.74) is 2.76. The number of halogens is 1. The van der Waals surface area contributed by atoms with Crippen LogP contribution in [0.1, 0.15) is 18.4 Å². The monoisotopic (exact) mass is 231 g/mol. The first-order valence-electron chi connectivity index (χ1n) is 5.81. The maximum Gasteiger partial charge on any atom is 0.151 e. The lowest BCUT2D eigenvalue weighted by molar-refractivity contribution is 0.628. The summed E-state index contributed by atoms with van der Waals surface area (Å²) in [6.45, 7) is 1.99. The van der Waals surface area contributed by atoms with Gasteiger partial charge >= 0.3 is 0 Å². The zero-order valence-corrected chi connectivity index (χ0v) is 9.63. The molecule has 1 aliphatic rings. The quantitative estimate of drug-likeness (QED) is 0.852. The Morgan fingerprint density at radius 2 is 2.24 bits per heavy atom. The van der Waals surface area contributed by atoms with Crippen molar-refractivity contribution in [1.82, 2.24) is 10.2 Å². The molecule has 0 bridgehead atoms. The number of hydrogen-bond acceptors (Lipinski definition) is 2. The zero-order chi connectivity index (χ0) is 11.8. The molecule has 88 valence electrons. The van der Waals surface area contributed by atoms with Crippen molar-refractivity contribution in [2.45, 2.75) is 25.8 Å². The van der Waals surface area contributed by atoms with Crippen molar-refractivity contribution in [3.63, 3.8) is 0 Å². The van der Waals surface area contributed by atoms with Gasteiger partial charge in [-0.3, -0.25) is 5.10 Å². The van der Waals surface area contributed by atoms with E-state index in [1.807, 2.05) is 13.0 Å². The summed E-state index contributed by atoms with van der Waals surface area (Å²) in [4.78, 5) is 0. The van der Waals surface area contributed by atoms with Gasteiger partial charge in [-0.15, -0.1) is 0 Å². The van der Waals surface area contributed by atoms with E-state index in [1.165, 1.54) is 25.0 Å². The van der Waals surface area contributed by atoms with Gasteiger partial charge in [-0.2, -0.15) is 5.10 Å². The number of benzene rings is 1. The van der Waals surface area contributed by atoms with Crippen molar-refractivity contribution in [2.75, 3.05) is 5.32 Å². The van der Waals surface area contributed by atoms with Gasteiger partial charge in [0.1, 0.15) is 5.82 Å². The van der Waals surface area contributed by atoms with Crippen LogP contribution in [-0.4, -0.2) is 16.2 Å². The fourth-order valence-corrected chi connectivity index (χ4v) is 1.88. The van der Waals surface area contributed by atoms with Crippen LogP contribution in [-0.2, 0) is 0 Å². The Balaban J connectivity index is 1.94. The zero-order valence-electron chi connectivity index (χ0n) is 9.63. The Hall–Kier alpha value is -1.84. The molecule has 3 nitrogen and oxygen atoms in total. The number of rotatable bonds is 3. The highest BCUT2D eigenvalue weighted by molar-refractivity contribution is 5.68. The van der Waals surface area contributed by atoms with Gasteiger partial charge in [0, 0.05) is 17.2 Å². The van der Waals surface area contributed by atoms with E-state index in [4.69, 9.17) is 0 Å². The highest BCUT2D eigenvalue weighted by Crippen LogP contribution is 2.30. The van der Waals surface area contributed by atoms with Crippen molar-refractivity contribution in [3.8, 4) is 11.3 Å². The Morgan fingerprint density at radius 1 is 1.41 bits per heavy atom. The second-order valence-corrected chi connectivity index (χ2v) is 4.50. The van der Waals surface area contributed by atoms with Crippen LogP contribution >= 0.6 is 0 Å². The van der Waals surface area contributed by atoms with Crippen LogP contribution in [0.15, 0.2) is 24.3 Å². The van der Waals surface area contributed by atoms with Gasteiger partial charge in [0.15, 0.2) is 5.82 Å². The van der Waals surface area contributed by atoms with Gasteiger partial charge in [-0.25, -0.2) is 4.39 Å². The van der Waals surface area contributed by atoms with Crippen LogP contribution in [0.5, 0.6) is 0 Å². The molecule has 0 atom stereocenters. The summed E-state index contributed by atoms with van der Waals surface area (Å²) in [6, 6.07) is 7.11. The van der Waals surface area contributed by atoms with Crippen LogP contribution in [0.4, 0.5) is 10.2 Å². The molecule has 0 amide bonds. The number of hydrogen-bond donors (Lipinski definition) is 2. The van der Waals surface area contributed by atoms with Crippen molar-refractivity contribution < 1.29 is 4.39 Å². The van der Waals surface area contributed by atoms with Crippen LogP contribution in [0.25, 0.3) is 11.3 Å². The third kappa shape index (κ3) is 2.02. The summed E-state index contributed by atoms with van der Waals surface area (Å²) >= 11 is 0. The number of aromatic amines is 1. The normalized spacial score (nSPS) is 14.9. The van der Waals surface area contributed by atoms with Crippen molar-refractivity contribution >= 4 is 5.82 Å². The van der Waals surface area contributed by atoms with Gasteiger partial charge in [0.05, 0.1) is 5.69 Å². The van der Waals surface area contributed by atoms with Gasteiger partial charge in [0.25, 0.3) is 0 Å². The van der Waals surface area contributed by atoms with Gasteiger partial charge in [-0.1, -0.05) is 12.1 Å². The molecule has 0 unspecified atom stereocenters. The SMILES string of the molecule is Cc1c(NC2CC2)n[nH]c1-c1cccc(F)c1. The molecule has 0 spiro atoms. The first kappa shape index (κ1) is 10.3. The average molecular weight is 231 g/mol. The first-order chi connectivity index (χ1) is 8.24. The lowest BCUT2D eigenvalue weighted by Gasteiger charge is -2.02. The largest absolute Gasteiger partial charge is 0.366 e. The molecule has 1 fully saturated rings. The van der Waals surface area contributed by atoms with Crippen molar-refractivity contribution in [1.29, 1.82) is 0 Å². The third-order valence-electron chi connectivity index (χ3n) is 3.04. The Bertz CT molecular complexity index is 543. The van der Waals surface area contributed by atoms with Gasteiger partial charge < -0.3 is 5.32 Å². The number of aromatic nitrogens is 2. The molecular formula is C13H14FN3. The van der Waals surface area contributed by atoms with E-state index >= 15 is 0 Å². The standard InChI is InChI=1S/C13H14FN3/c1-8-12(9-3-2-4-10(14)7-9)16-17-13(8)15-11-5-6-11/h2-4,7,11H,5-6H2,1H3,(H2,15,16,17). The summed E-state index contributed by atoms with van der Waals surface area (Å²) < 4.78 is 13.2. The Kier molecular flexibility index (Phi) is 2.35. The smallest absolute Gasteiger partial charge is 0.151 e. The minimum Gasteiger partial charge on any atom is -0.366 e. The molecule has 17 heavy (non-hydrogen) atoms. The number of anilines is 1. The fourth-order valence-electron chi connectivity index (χ4n) is 1.88. The van der Waals surface area contributed by atoms with Gasteiger partial charge in [-0.05, 0) is 31.9 Å². The van der Waals surface area contributed by atoms with E-state index in [2.05, 4.69) is 15.5 Å². The number of nitrogens with one attached hydrogen (secondary N) is 2.